The SMILES string of the molecule is OC[C@H]1O[C@@H](O[C@@H]2[C@H](O)[C@@H](O)[C@H](O[C@@H]3[C@H](O)[C@@H](O)[C@H](O[C@@H]4[C@H](O)[C@@H](O)[C@H](O[C@H]5[C@H](O)[C@@H](O)C(O)O[C@@H]5CO)O[C@@H]4CO)O[C@@H]3CO)O[C@@H]2CO)[C@H](O)[C@@H](O)[C@H]1O. The number of aliphatic hydroxyl groups is 17. The van der Waals surface area contributed by atoms with E-state index in [0.29, 0.717) is 0 Å². The predicted octanol–water partition coefficient (Wildman–Crippen LogP) is -11.9. The molecule has 1 unspecified atom stereocenters. The third-order valence-corrected chi connectivity index (χ3v) is 10.3. The van der Waals surface area contributed by atoms with Crippen molar-refractivity contribution in [3.63, 3.8) is 0 Å². The van der Waals surface area contributed by atoms with Crippen LogP contribution < -0.4 is 0 Å². The van der Waals surface area contributed by atoms with Crippen LogP contribution in [0.15, 0.2) is 0 Å². The molecule has 5 saturated heterocycles. The van der Waals surface area contributed by atoms with E-state index >= 15 is 0 Å². The van der Waals surface area contributed by atoms with Crippen molar-refractivity contribution in [2.24, 2.45) is 0 Å². The highest BCUT2D eigenvalue weighted by Gasteiger charge is 2.56. The van der Waals surface area contributed by atoms with Gasteiger partial charge >= 0.3 is 0 Å². The zero-order chi connectivity index (χ0) is 41.3. The van der Waals surface area contributed by atoms with Crippen LogP contribution in [0.5, 0.6) is 0 Å². The number of hydrogen-bond donors (Lipinski definition) is 17. The van der Waals surface area contributed by atoms with E-state index in [0.717, 1.165) is 0 Å². The molecule has 0 bridgehead atoms. The molecule has 0 aromatic heterocycles. The maximum absolute atomic E-state index is 11.1. The number of hydrogen-bond acceptors (Lipinski definition) is 26. The topological polar surface area (TPSA) is 427 Å². The molecule has 26 heteroatoms. The molecule has 25 atom stereocenters. The fraction of sp³-hybridized carbons (Fsp3) is 1.00. The standard InChI is InChI=1S/C30H52O26/c31-1-6-11(36)12(37)18(43)27(49-6)54-23-8(3-33)51-29(20(45)14(23)39)56-25-10(5-35)52-30(21(46)16(25)41)55-24-9(4-34)50-28(19(44)15(24)40)53-22-7(2-32)48-26(47)17(42)13(22)38/h6-47H,1-5H2/t6-,7-,8-,9-,10-,11+,12+,13-,14-,15-,16-,17-,18-,19-,20-,21-,22-,23+,24+,25+,26?,27+,28+,29+,30+/m1/s1. The molecule has 5 rings (SSSR count). The van der Waals surface area contributed by atoms with Gasteiger partial charge in [0.1, 0.15) is 122 Å². The van der Waals surface area contributed by atoms with E-state index in [9.17, 15) is 86.8 Å². The van der Waals surface area contributed by atoms with E-state index in [-0.39, 0.29) is 0 Å². The average Bonchev–Trinajstić information content (AvgIpc) is 3.19. The monoisotopic (exact) mass is 828 g/mol. The summed E-state index contributed by atoms with van der Waals surface area (Å²) >= 11 is 0. The second kappa shape index (κ2) is 19.6. The van der Waals surface area contributed by atoms with Gasteiger partial charge in [0.05, 0.1) is 33.0 Å². The molecule has 5 heterocycles. The van der Waals surface area contributed by atoms with Crippen molar-refractivity contribution in [3.05, 3.63) is 0 Å². The highest BCUT2D eigenvalue weighted by molar-refractivity contribution is 4.99. The van der Waals surface area contributed by atoms with Gasteiger partial charge in [-0.1, -0.05) is 0 Å². The normalized spacial score (nSPS) is 53.2. The summed E-state index contributed by atoms with van der Waals surface area (Å²) < 4.78 is 49.1. The summed E-state index contributed by atoms with van der Waals surface area (Å²) in [5, 5.41) is 176. The van der Waals surface area contributed by atoms with E-state index in [2.05, 4.69) is 0 Å². The van der Waals surface area contributed by atoms with Gasteiger partial charge in [-0.3, -0.25) is 0 Å². The van der Waals surface area contributed by atoms with Gasteiger partial charge in [0, 0.05) is 0 Å². The van der Waals surface area contributed by atoms with E-state index in [4.69, 9.17) is 42.6 Å². The molecule has 0 aromatic carbocycles. The first-order valence-electron chi connectivity index (χ1n) is 17.6. The van der Waals surface area contributed by atoms with E-state index < -0.39 is 187 Å². The lowest BCUT2D eigenvalue weighted by molar-refractivity contribution is -0.392. The fourth-order valence-electron chi connectivity index (χ4n) is 7.03. The molecule has 0 saturated carbocycles. The minimum atomic E-state index is -2.12. The van der Waals surface area contributed by atoms with Crippen LogP contribution in [0, 0.1) is 0 Å². The van der Waals surface area contributed by atoms with Crippen LogP contribution in [0.1, 0.15) is 0 Å². The second-order valence-electron chi connectivity index (χ2n) is 13.9. The van der Waals surface area contributed by atoms with Gasteiger partial charge in [-0.2, -0.15) is 0 Å². The second-order valence-corrected chi connectivity index (χ2v) is 13.9. The largest absolute Gasteiger partial charge is 0.394 e. The molecule has 0 aliphatic carbocycles. The maximum atomic E-state index is 11.1. The van der Waals surface area contributed by atoms with Gasteiger partial charge in [0.15, 0.2) is 31.5 Å². The highest BCUT2D eigenvalue weighted by Crippen LogP contribution is 2.35. The third-order valence-electron chi connectivity index (χ3n) is 10.3. The maximum Gasteiger partial charge on any atom is 0.187 e. The van der Waals surface area contributed by atoms with Crippen molar-refractivity contribution < 1.29 is 129 Å². The van der Waals surface area contributed by atoms with Gasteiger partial charge in [-0.15, -0.1) is 0 Å². The summed E-state index contributed by atoms with van der Waals surface area (Å²) in [5.74, 6) is 0. The molecule has 5 aliphatic heterocycles. The van der Waals surface area contributed by atoms with Crippen LogP contribution >= 0.6 is 0 Å². The predicted molar refractivity (Wildman–Crippen MR) is 167 cm³/mol. The summed E-state index contributed by atoms with van der Waals surface area (Å²) in [7, 11) is 0. The summed E-state index contributed by atoms with van der Waals surface area (Å²) in [6, 6.07) is 0. The van der Waals surface area contributed by atoms with Crippen molar-refractivity contribution in [1.29, 1.82) is 0 Å². The van der Waals surface area contributed by atoms with Gasteiger partial charge in [0.25, 0.3) is 0 Å². The Morgan fingerprint density at radius 2 is 0.518 bits per heavy atom. The molecule has 0 amide bonds. The Hall–Kier alpha value is -1.04. The van der Waals surface area contributed by atoms with Crippen molar-refractivity contribution in [3.8, 4) is 0 Å². The van der Waals surface area contributed by atoms with Crippen LogP contribution in [0.3, 0.4) is 0 Å². The van der Waals surface area contributed by atoms with Crippen LogP contribution in [0.4, 0.5) is 0 Å². The Morgan fingerprint density at radius 3 is 0.821 bits per heavy atom. The minimum absolute atomic E-state index is 0.811. The highest BCUT2D eigenvalue weighted by atomic mass is 16.8. The molecule has 328 valence electrons. The number of ether oxygens (including phenoxy) is 9. The van der Waals surface area contributed by atoms with E-state index in [1.54, 1.807) is 0 Å². The smallest absolute Gasteiger partial charge is 0.187 e. The zero-order valence-electron chi connectivity index (χ0n) is 29.2. The van der Waals surface area contributed by atoms with Crippen LogP contribution in [0.2, 0.25) is 0 Å². The summed E-state index contributed by atoms with van der Waals surface area (Å²) in [5.41, 5.74) is 0. The molecule has 0 spiro atoms. The Bertz CT molecular complexity index is 1200. The first-order chi connectivity index (χ1) is 26.5. The molecule has 5 fully saturated rings. The molecular weight excluding hydrogens is 776 g/mol. The first-order valence-corrected chi connectivity index (χ1v) is 17.6. The third kappa shape index (κ3) is 9.16. The molecule has 0 aromatic rings. The van der Waals surface area contributed by atoms with Crippen molar-refractivity contribution in [2.45, 2.75) is 154 Å². The van der Waals surface area contributed by atoms with Gasteiger partial charge in [0.2, 0.25) is 0 Å². The molecular formula is C30H52O26. The Balaban J connectivity index is 1.22. The summed E-state index contributed by atoms with van der Waals surface area (Å²) in [6.45, 7) is -4.51. The van der Waals surface area contributed by atoms with Gasteiger partial charge in [-0.25, -0.2) is 0 Å². The number of rotatable bonds is 13. The summed E-state index contributed by atoms with van der Waals surface area (Å²) in [6.07, 6.45) is -45.8. The van der Waals surface area contributed by atoms with Gasteiger partial charge in [-0.05, 0) is 0 Å². The Labute approximate surface area is 316 Å². The molecule has 56 heavy (non-hydrogen) atoms. The molecule has 0 radical (unpaired) electrons. The van der Waals surface area contributed by atoms with Gasteiger partial charge < -0.3 is 129 Å². The first kappa shape index (κ1) is 46.0. The molecule has 26 nitrogen and oxygen atoms in total. The van der Waals surface area contributed by atoms with E-state index in [1.165, 1.54) is 0 Å². The Morgan fingerprint density at radius 1 is 0.268 bits per heavy atom. The lowest BCUT2D eigenvalue weighted by Crippen LogP contribution is -2.68. The fourth-order valence-corrected chi connectivity index (χ4v) is 7.03. The number of aliphatic hydroxyl groups excluding tert-OH is 17. The quantitative estimate of drug-likeness (QED) is 0.0819. The van der Waals surface area contributed by atoms with Crippen LogP contribution in [0.25, 0.3) is 0 Å². The molecule has 5 aliphatic rings. The van der Waals surface area contributed by atoms with Crippen molar-refractivity contribution in [2.75, 3.05) is 33.0 Å². The Kier molecular flexibility index (Phi) is 16.1. The lowest BCUT2D eigenvalue weighted by atomic mass is 9.95. The van der Waals surface area contributed by atoms with E-state index in [1.807, 2.05) is 0 Å². The lowest BCUT2D eigenvalue weighted by Gasteiger charge is -2.49. The zero-order valence-corrected chi connectivity index (χ0v) is 29.2. The minimum Gasteiger partial charge on any atom is -0.394 e. The molecule has 17 N–H and O–H groups in total. The van der Waals surface area contributed by atoms with Crippen molar-refractivity contribution >= 4 is 0 Å². The summed E-state index contributed by atoms with van der Waals surface area (Å²) in [4.78, 5) is 0. The van der Waals surface area contributed by atoms with Crippen LogP contribution in [-0.2, 0) is 42.6 Å². The van der Waals surface area contributed by atoms with Crippen LogP contribution in [-0.4, -0.2) is 273 Å². The average molecular weight is 829 g/mol. The van der Waals surface area contributed by atoms with Crippen molar-refractivity contribution in [1.82, 2.24) is 0 Å².